The van der Waals surface area contributed by atoms with E-state index in [0.717, 1.165) is 12.1 Å². The molecule has 1 aliphatic rings. The van der Waals surface area contributed by atoms with Crippen molar-refractivity contribution in [3.8, 4) is 0 Å². The Morgan fingerprint density at radius 2 is 2.45 bits per heavy atom. The van der Waals surface area contributed by atoms with Crippen LogP contribution in [-0.4, -0.2) is 33.9 Å². The third-order valence-electron chi connectivity index (χ3n) is 3.77. The molecule has 1 amide bonds. The summed E-state index contributed by atoms with van der Waals surface area (Å²) in [6.07, 6.45) is 7.09. The summed E-state index contributed by atoms with van der Waals surface area (Å²) in [6.45, 7) is 0.382. The average Bonchev–Trinajstić information content (AvgIpc) is 3.15. The van der Waals surface area contributed by atoms with E-state index >= 15 is 0 Å². The van der Waals surface area contributed by atoms with E-state index < -0.39 is 0 Å². The van der Waals surface area contributed by atoms with E-state index in [1.165, 1.54) is 23.3 Å². The van der Waals surface area contributed by atoms with Gasteiger partial charge in [0.15, 0.2) is 0 Å². The van der Waals surface area contributed by atoms with Crippen LogP contribution in [0.5, 0.6) is 0 Å². The molecule has 2 aromatic heterocycles. The molecule has 0 spiro atoms. The number of fused-ring (bicyclic) bond motifs is 1. The Bertz CT molecular complexity index is 637. The van der Waals surface area contributed by atoms with Crippen molar-refractivity contribution in [3.63, 3.8) is 0 Å². The van der Waals surface area contributed by atoms with Crippen molar-refractivity contribution in [1.29, 1.82) is 0 Å². The van der Waals surface area contributed by atoms with Crippen molar-refractivity contribution in [2.24, 2.45) is 0 Å². The smallest absolute Gasteiger partial charge is 0.241 e. The molecule has 0 unspecified atom stereocenters. The number of aliphatic hydroxyl groups is 1. The van der Waals surface area contributed by atoms with E-state index in [1.807, 2.05) is 17.5 Å². The maximum absolute atomic E-state index is 11.6. The second-order valence-electron chi connectivity index (χ2n) is 5.39. The lowest BCUT2D eigenvalue weighted by atomic mass is 9.94. The van der Waals surface area contributed by atoms with Gasteiger partial charge in [0.2, 0.25) is 5.91 Å². The monoisotopic (exact) mass is 320 g/mol. The Labute approximate surface area is 133 Å². The lowest BCUT2D eigenvalue weighted by Gasteiger charge is -2.23. The lowest BCUT2D eigenvalue weighted by Crippen LogP contribution is -2.30. The fourth-order valence-corrected chi connectivity index (χ4v) is 3.75. The van der Waals surface area contributed by atoms with E-state index in [0.29, 0.717) is 6.04 Å². The van der Waals surface area contributed by atoms with Crippen molar-refractivity contribution in [1.82, 2.24) is 15.1 Å². The van der Waals surface area contributed by atoms with Crippen LogP contribution in [0.25, 0.3) is 0 Å². The molecule has 3 N–H and O–H groups in total. The summed E-state index contributed by atoms with van der Waals surface area (Å²) < 4.78 is 1.60. The summed E-state index contributed by atoms with van der Waals surface area (Å²) in [6, 6.07) is 2.53. The Morgan fingerprint density at radius 1 is 1.55 bits per heavy atom. The Balaban J connectivity index is 1.60. The molecular weight excluding hydrogens is 300 g/mol. The maximum Gasteiger partial charge on any atom is 0.241 e. The highest BCUT2D eigenvalue weighted by Crippen LogP contribution is 2.35. The van der Waals surface area contributed by atoms with Gasteiger partial charge in [-0.2, -0.15) is 5.10 Å². The van der Waals surface area contributed by atoms with Crippen molar-refractivity contribution >= 4 is 22.9 Å². The van der Waals surface area contributed by atoms with Crippen LogP contribution in [0.2, 0.25) is 0 Å². The SMILES string of the molecule is O=C(Cn1cc(N[C@H]2CCCc3sccc32)cn1)NCCO. The second kappa shape index (κ2) is 6.93. The topological polar surface area (TPSA) is 79.2 Å². The van der Waals surface area contributed by atoms with Crippen LogP contribution >= 0.6 is 11.3 Å². The molecule has 0 saturated carbocycles. The van der Waals surface area contributed by atoms with E-state index in [-0.39, 0.29) is 25.6 Å². The van der Waals surface area contributed by atoms with Gasteiger partial charge < -0.3 is 15.7 Å². The van der Waals surface area contributed by atoms with Crippen LogP contribution in [0.4, 0.5) is 5.69 Å². The number of aryl methyl sites for hydroxylation is 1. The number of hydrogen-bond acceptors (Lipinski definition) is 5. The van der Waals surface area contributed by atoms with Crippen LogP contribution in [0.3, 0.4) is 0 Å². The molecule has 1 atom stereocenters. The summed E-state index contributed by atoms with van der Waals surface area (Å²) in [4.78, 5) is 13.1. The minimum atomic E-state index is -0.151. The molecule has 0 radical (unpaired) electrons. The molecule has 0 fully saturated rings. The summed E-state index contributed by atoms with van der Waals surface area (Å²) in [5, 5.41) is 21.2. The molecule has 118 valence electrons. The molecule has 3 rings (SSSR count). The highest BCUT2D eigenvalue weighted by atomic mass is 32.1. The number of thiophene rings is 1. The molecule has 2 heterocycles. The predicted molar refractivity (Wildman–Crippen MR) is 85.9 cm³/mol. The number of rotatable bonds is 6. The van der Waals surface area contributed by atoms with E-state index in [1.54, 1.807) is 10.9 Å². The summed E-state index contributed by atoms with van der Waals surface area (Å²) >= 11 is 1.83. The molecule has 6 nitrogen and oxygen atoms in total. The molecule has 0 aromatic carbocycles. The number of nitrogens with one attached hydrogen (secondary N) is 2. The zero-order valence-corrected chi connectivity index (χ0v) is 13.1. The average molecular weight is 320 g/mol. The lowest BCUT2D eigenvalue weighted by molar-refractivity contribution is -0.122. The number of nitrogens with zero attached hydrogens (tertiary/aromatic N) is 2. The summed E-state index contributed by atoms with van der Waals surface area (Å²) in [7, 11) is 0. The molecule has 22 heavy (non-hydrogen) atoms. The van der Waals surface area contributed by atoms with Crippen LogP contribution in [0, 0.1) is 0 Å². The summed E-state index contributed by atoms with van der Waals surface area (Å²) in [5.41, 5.74) is 2.32. The van der Waals surface area contributed by atoms with Gasteiger partial charge in [-0.25, -0.2) is 0 Å². The number of carbonyl (C=O) groups excluding carboxylic acids is 1. The zero-order valence-electron chi connectivity index (χ0n) is 12.3. The van der Waals surface area contributed by atoms with Gasteiger partial charge in [-0.1, -0.05) is 0 Å². The van der Waals surface area contributed by atoms with Gasteiger partial charge in [0, 0.05) is 17.6 Å². The molecule has 1 aliphatic carbocycles. The molecule has 2 aromatic rings. The van der Waals surface area contributed by atoms with Crippen LogP contribution < -0.4 is 10.6 Å². The maximum atomic E-state index is 11.6. The molecule has 0 saturated heterocycles. The number of aliphatic hydroxyl groups excluding tert-OH is 1. The van der Waals surface area contributed by atoms with Gasteiger partial charge in [-0.3, -0.25) is 9.48 Å². The molecular formula is C15H20N4O2S. The normalized spacial score (nSPS) is 17.0. The van der Waals surface area contributed by atoms with Crippen molar-refractivity contribution < 1.29 is 9.90 Å². The number of hydrogen-bond donors (Lipinski definition) is 3. The minimum Gasteiger partial charge on any atom is -0.395 e. The number of amides is 1. The third kappa shape index (κ3) is 3.48. The fourth-order valence-electron chi connectivity index (χ4n) is 2.76. The van der Waals surface area contributed by atoms with E-state index in [2.05, 4.69) is 27.2 Å². The number of anilines is 1. The Hall–Kier alpha value is -1.86. The zero-order chi connectivity index (χ0) is 15.4. The van der Waals surface area contributed by atoms with E-state index in [4.69, 9.17) is 5.11 Å². The minimum absolute atomic E-state index is 0.0533. The first kappa shape index (κ1) is 15.1. The number of aromatic nitrogens is 2. The molecule has 0 bridgehead atoms. The second-order valence-corrected chi connectivity index (χ2v) is 6.39. The van der Waals surface area contributed by atoms with Gasteiger partial charge in [-0.15, -0.1) is 11.3 Å². The van der Waals surface area contributed by atoms with E-state index in [9.17, 15) is 4.79 Å². The Kier molecular flexibility index (Phi) is 4.74. The van der Waals surface area contributed by atoms with Gasteiger partial charge in [0.1, 0.15) is 6.54 Å². The van der Waals surface area contributed by atoms with Crippen LogP contribution in [-0.2, 0) is 17.8 Å². The first-order chi connectivity index (χ1) is 10.8. The Morgan fingerprint density at radius 3 is 3.32 bits per heavy atom. The standard InChI is InChI=1S/C15H20N4O2S/c20-6-5-16-15(21)10-19-9-11(8-17-19)18-13-2-1-3-14-12(13)4-7-22-14/h4,7-9,13,18,20H,1-3,5-6,10H2,(H,16,21)/t13-/m0/s1. The van der Waals surface area contributed by atoms with Gasteiger partial charge in [0.05, 0.1) is 24.5 Å². The predicted octanol–water partition coefficient (Wildman–Crippen LogP) is 1.54. The van der Waals surface area contributed by atoms with Crippen molar-refractivity contribution in [2.45, 2.75) is 31.8 Å². The highest BCUT2D eigenvalue weighted by Gasteiger charge is 2.21. The van der Waals surface area contributed by atoms with Crippen LogP contribution in [0.15, 0.2) is 23.8 Å². The molecule has 0 aliphatic heterocycles. The first-order valence-electron chi connectivity index (χ1n) is 7.49. The van der Waals surface area contributed by atoms with Gasteiger partial charge >= 0.3 is 0 Å². The van der Waals surface area contributed by atoms with Gasteiger partial charge in [0.25, 0.3) is 0 Å². The molecule has 7 heteroatoms. The first-order valence-corrected chi connectivity index (χ1v) is 8.37. The van der Waals surface area contributed by atoms with Crippen molar-refractivity contribution in [2.75, 3.05) is 18.5 Å². The number of carbonyl (C=O) groups is 1. The summed E-state index contributed by atoms with van der Waals surface area (Å²) in [5.74, 6) is -0.151. The highest BCUT2D eigenvalue weighted by molar-refractivity contribution is 7.10. The van der Waals surface area contributed by atoms with Gasteiger partial charge in [-0.05, 0) is 36.3 Å². The van der Waals surface area contributed by atoms with Crippen LogP contribution in [0.1, 0.15) is 29.3 Å². The largest absolute Gasteiger partial charge is 0.395 e. The third-order valence-corrected chi connectivity index (χ3v) is 4.76. The quantitative estimate of drug-likeness (QED) is 0.754. The fraction of sp³-hybridized carbons (Fsp3) is 0.467. The van der Waals surface area contributed by atoms with Crippen molar-refractivity contribution in [3.05, 3.63) is 34.3 Å².